The minimum atomic E-state index is 0.0340. The maximum Gasteiger partial charge on any atom is 0.234 e. The van der Waals surface area contributed by atoms with Gasteiger partial charge in [-0.05, 0) is 27.4 Å². The normalized spacial score (nSPS) is 11.3. The van der Waals surface area contributed by atoms with Crippen molar-refractivity contribution in [3.8, 4) is 0 Å². The zero-order chi connectivity index (χ0) is 15.2. The lowest BCUT2D eigenvalue weighted by Crippen LogP contribution is -2.39. The van der Waals surface area contributed by atoms with Crippen LogP contribution in [0.5, 0.6) is 0 Å². The van der Waals surface area contributed by atoms with Gasteiger partial charge in [0.15, 0.2) is 0 Å². The van der Waals surface area contributed by atoms with Crippen molar-refractivity contribution in [2.45, 2.75) is 26.8 Å². The Morgan fingerprint density at radius 3 is 2.25 bits per heavy atom. The van der Waals surface area contributed by atoms with E-state index in [9.17, 15) is 4.79 Å². The minimum Gasteiger partial charge on any atom is -0.378 e. The number of ether oxygens (including phenoxy) is 2. The summed E-state index contributed by atoms with van der Waals surface area (Å²) in [5, 5.41) is 6.01. The molecule has 0 spiro atoms. The Kier molecular flexibility index (Phi) is 12.8. The first-order chi connectivity index (χ1) is 9.57. The molecule has 20 heavy (non-hydrogen) atoms. The first-order valence-corrected chi connectivity index (χ1v) is 7.41. The predicted molar refractivity (Wildman–Crippen MR) is 81.0 cm³/mol. The van der Waals surface area contributed by atoms with Crippen molar-refractivity contribution in [3.63, 3.8) is 0 Å². The molecule has 0 aliphatic heterocycles. The van der Waals surface area contributed by atoms with Crippen LogP contribution in [-0.2, 0) is 14.3 Å². The SMILES string of the molecule is CCNCCOCCOCCNC(=O)CN(C)C(C)C. The zero-order valence-electron chi connectivity index (χ0n) is 13.4. The molecular formula is C14H31N3O3. The highest BCUT2D eigenvalue weighted by Crippen LogP contribution is 1.91. The summed E-state index contributed by atoms with van der Waals surface area (Å²) in [4.78, 5) is 13.5. The summed E-state index contributed by atoms with van der Waals surface area (Å²) in [6.07, 6.45) is 0. The van der Waals surface area contributed by atoms with Gasteiger partial charge < -0.3 is 20.1 Å². The van der Waals surface area contributed by atoms with Gasteiger partial charge in [-0.3, -0.25) is 9.69 Å². The molecule has 0 aromatic heterocycles. The van der Waals surface area contributed by atoms with E-state index >= 15 is 0 Å². The van der Waals surface area contributed by atoms with Crippen molar-refractivity contribution >= 4 is 5.91 Å². The van der Waals surface area contributed by atoms with Gasteiger partial charge in [-0.2, -0.15) is 0 Å². The summed E-state index contributed by atoms with van der Waals surface area (Å²) < 4.78 is 10.7. The topological polar surface area (TPSA) is 62.8 Å². The molecule has 0 rings (SSSR count). The van der Waals surface area contributed by atoms with E-state index in [0.29, 0.717) is 45.6 Å². The summed E-state index contributed by atoms with van der Waals surface area (Å²) in [5.41, 5.74) is 0. The van der Waals surface area contributed by atoms with Crippen LogP contribution < -0.4 is 10.6 Å². The van der Waals surface area contributed by atoms with Crippen LogP contribution in [0, 0.1) is 0 Å². The molecule has 6 nitrogen and oxygen atoms in total. The van der Waals surface area contributed by atoms with E-state index < -0.39 is 0 Å². The van der Waals surface area contributed by atoms with Gasteiger partial charge in [-0.25, -0.2) is 0 Å². The van der Waals surface area contributed by atoms with Gasteiger partial charge in [-0.1, -0.05) is 6.92 Å². The van der Waals surface area contributed by atoms with E-state index in [-0.39, 0.29) is 5.91 Å². The van der Waals surface area contributed by atoms with Crippen LogP contribution in [0.3, 0.4) is 0 Å². The summed E-state index contributed by atoms with van der Waals surface area (Å²) >= 11 is 0. The number of amides is 1. The third-order valence-electron chi connectivity index (χ3n) is 2.89. The Hall–Kier alpha value is -0.690. The molecule has 6 heteroatoms. The van der Waals surface area contributed by atoms with Crippen molar-refractivity contribution in [1.82, 2.24) is 15.5 Å². The number of hydrogen-bond acceptors (Lipinski definition) is 5. The maximum absolute atomic E-state index is 11.6. The van der Waals surface area contributed by atoms with Crippen molar-refractivity contribution < 1.29 is 14.3 Å². The number of carbonyl (C=O) groups excluding carboxylic acids is 1. The molecule has 0 aliphatic carbocycles. The second-order valence-electron chi connectivity index (χ2n) is 4.94. The molecule has 120 valence electrons. The lowest BCUT2D eigenvalue weighted by Gasteiger charge is -2.20. The minimum absolute atomic E-state index is 0.0340. The molecule has 1 amide bonds. The molecule has 0 aliphatic rings. The summed E-state index contributed by atoms with van der Waals surface area (Å²) in [7, 11) is 1.94. The van der Waals surface area contributed by atoms with Crippen LogP contribution in [0.25, 0.3) is 0 Å². The summed E-state index contributed by atoms with van der Waals surface area (Å²) in [5.74, 6) is 0.0340. The molecule has 0 aromatic carbocycles. The Balaban J connectivity index is 3.25. The largest absolute Gasteiger partial charge is 0.378 e. The molecule has 0 aromatic rings. The highest BCUT2D eigenvalue weighted by Gasteiger charge is 2.08. The lowest BCUT2D eigenvalue weighted by molar-refractivity contribution is -0.122. The molecule has 0 unspecified atom stereocenters. The van der Waals surface area contributed by atoms with Crippen molar-refractivity contribution in [1.29, 1.82) is 0 Å². The fourth-order valence-corrected chi connectivity index (χ4v) is 1.37. The first kappa shape index (κ1) is 19.3. The van der Waals surface area contributed by atoms with E-state index in [2.05, 4.69) is 31.4 Å². The molecule has 0 atom stereocenters. The highest BCUT2D eigenvalue weighted by molar-refractivity contribution is 5.77. The van der Waals surface area contributed by atoms with Crippen LogP contribution in [-0.4, -0.2) is 76.5 Å². The van der Waals surface area contributed by atoms with Crippen molar-refractivity contribution in [2.24, 2.45) is 0 Å². The number of carbonyl (C=O) groups is 1. The van der Waals surface area contributed by atoms with E-state index in [4.69, 9.17) is 9.47 Å². The average molecular weight is 289 g/mol. The zero-order valence-corrected chi connectivity index (χ0v) is 13.4. The highest BCUT2D eigenvalue weighted by atomic mass is 16.5. The van der Waals surface area contributed by atoms with E-state index in [1.165, 1.54) is 0 Å². The molecule has 0 radical (unpaired) electrons. The van der Waals surface area contributed by atoms with E-state index in [1.54, 1.807) is 0 Å². The molecular weight excluding hydrogens is 258 g/mol. The fourth-order valence-electron chi connectivity index (χ4n) is 1.37. The Morgan fingerprint density at radius 2 is 1.70 bits per heavy atom. The third kappa shape index (κ3) is 12.3. The van der Waals surface area contributed by atoms with E-state index in [1.807, 2.05) is 11.9 Å². The Labute approximate surface area is 123 Å². The first-order valence-electron chi connectivity index (χ1n) is 7.41. The van der Waals surface area contributed by atoms with Crippen molar-refractivity contribution in [2.75, 3.05) is 59.7 Å². The molecule has 0 saturated carbocycles. The fraction of sp³-hybridized carbons (Fsp3) is 0.929. The van der Waals surface area contributed by atoms with Crippen LogP contribution in [0.1, 0.15) is 20.8 Å². The molecule has 2 N–H and O–H groups in total. The monoisotopic (exact) mass is 289 g/mol. The van der Waals surface area contributed by atoms with Gasteiger partial charge >= 0.3 is 0 Å². The summed E-state index contributed by atoms with van der Waals surface area (Å²) in [6.45, 7) is 11.4. The molecule has 0 fully saturated rings. The number of nitrogens with one attached hydrogen (secondary N) is 2. The maximum atomic E-state index is 11.6. The van der Waals surface area contributed by atoms with E-state index in [0.717, 1.165) is 13.1 Å². The molecule has 0 bridgehead atoms. The number of hydrogen-bond donors (Lipinski definition) is 2. The second-order valence-corrected chi connectivity index (χ2v) is 4.94. The van der Waals surface area contributed by atoms with Crippen molar-refractivity contribution in [3.05, 3.63) is 0 Å². The number of likely N-dealkylation sites (N-methyl/N-ethyl adjacent to an activating group) is 2. The van der Waals surface area contributed by atoms with Gasteiger partial charge in [-0.15, -0.1) is 0 Å². The average Bonchev–Trinajstić information content (AvgIpc) is 2.40. The van der Waals surface area contributed by atoms with Gasteiger partial charge in [0.1, 0.15) is 0 Å². The Bertz CT molecular complexity index is 238. The second kappa shape index (κ2) is 13.3. The molecule has 0 saturated heterocycles. The van der Waals surface area contributed by atoms with Gasteiger partial charge in [0.2, 0.25) is 5.91 Å². The number of rotatable bonds is 13. The third-order valence-corrected chi connectivity index (χ3v) is 2.89. The van der Waals surface area contributed by atoms with Crippen LogP contribution in [0.4, 0.5) is 0 Å². The standard InChI is InChI=1S/C14H31N3O3/c1-5-15-6-8-19-10-11-20-9-7-16-14(18)12-17(4)13(2)3/h13,15H,5-12H2,1-4H3,(H,16,18). The lowest BCUT2D eigenvalue weighted by atomic mass is 10.3. The summed E-state index contributed by atoms with van der Waals surface area (Å²) in [6, 6.07) is 0.372. The predicted octanol–water partition coefficient (Wildman–Crippen LogP) is 0.0855. The number of nitrogens with zero attached hydrogens (tertiary/aromatic N) is 1. The quantitative estimate of drug-likeness (QED) is 0.470. The van der Waals surface area contributed by atoms with Crippen LogP contribution in [0.15, 0.2) is 0 Å². The van der Waals surface area contributed by atoms with Gasteiger partial charge in [0.05, 0.1) is 33.0 Å². The smallest absolute Gasteiger partial charge is 0.234 e. The van der Waals surface area contributed by atoms with Gasteiger partial charge in [0.25, 0.3) is 0 Å². The van der Waals surface area contributed by atoms with Gasteiger partial charge in [0, 0.05) is 19.1 Å². The van der Waals surface area contributed by atoms with Crippen LogP contribution >= 0.6 is 0 Å². The molecule has 0 heterocycles. The van der Waals surface area contributed by atoms with Crippen LogP contribution in [0.2, 0.25) is 0 Å². The Morgan fingerprint density at radius 1 is 1.10 bits per heavy atom.